The van der Waals surface area contributed by atoms with Crippen LogP contribution in [0.4, 0.5) is 0 Å². The number of nitrogens with zero attached hydrogens (tertiary/aromatic N) is 4. The van der Waals surface area contributed by atoms with Crippen molar-refractivity contribution in [2.24, 2.45) is 12.5 Å². The third-order valence-corrected chi connectivity index (χ3v) is 1.84. The fourth-order valence-electron chi connectivity index (χ4n) is 1.12. The number of hydrogen-bond donors (Lipinski definition) is 1. The fourth-order valence-corrected chi connectivity index (χ4v) is 1.12. The molecule has 1 aromatic heterocycles. The van der Waals surface area contributed by atoms with Crippen molar-refractivity contribution >= 4 is 5.91 Å². The van der Waals surface area contributed by atoms with Crippen LogP contribution >= 0.6 is 0 Å². The van der Waals surface area contributed by atoms with Crippen LogP contribution in [-0.2, 0) is 18.4 Å². The molecule has 6 heteroatoms. The molecule has 1 aromatic rings. The van der Waals surface area contributed by atoms with Crippen LogP contribution in [0, 0.1) is 5.41 Å². The quantitative estimate of drug-likeness (QED) is 0.778. The van der Waals surface area contributed by atoms with Crippen LogP contribution in [0.25, 0.3) is 0 Å². The third-order valence-electron chi connectivity index (χ3n) is 1.84. The van der Waals surface area contributed by atoms with Crippen LogP contribution in [0.1, 0.15) is 33.0 Å². The molecular formula is C9H17N5O. The molecule has 1 heterocycles. The zero-order chi connectivity index (χ0) is 11.5. The highest BCUT2D eigenvalue weighted by Crippen LogP contribution is 2.17. The summed E-state index contributed by atoms with van der Waals surface area (Å²) in [5.74, 6) is 0.669. The lowest BCUT2D eigenvalue weighted by molar-refractivity contribution is -0.123. The molecule has 0 aliphatic heterocycles. The van der Waals surface area contributed by atoms with Gasteiger partial charge in [-0.05, 0) is 15.8 Å². The normalized spacial score (nSPS) is 11.5. The first kappa shape index (κ1) is 11.6. The SMILES string of the molecule is Cn1nnnc1CNC(=O)CC(C)(C)C. The van der Waals surface area contributed by atoms with E-state index in [4.69, 9.17) is 0 Å². The summed E-state index contributed by atoms with van der Waals surface area (Å²) in [6.45, 7) is 6.45. The molecule has 1 amide bonds. The van der Waals surface area contributed by atoms with Gasteiger partial charge in [0.2, 0.25) is 5.91 Å². The molecule has 15 heavy (non-hydrogen) atoms. The van der Waals surface area contributed by atoms with E-state index in [9.17, 15) is 4.79 Å². The Balaban J connectivity index is 2.38. The first-order valence-corrected chi connectivity index (χ1v) is 4.86. The molecule has 6 nitrogen and oxygen atoms in total. The maximum Gasteiger partial charge on any atom is 0.220 e. The minimum Gasteiger partial charge on any atom is -0.349 e. The van der Waals surface area contributed by atoms with E-state index in [-0.39, 0.29) is 11.3 Å². The summed E-state index contributed by atoms with van der Waals surface area (Å²) in [5.41, 5.74) is 0.00220. The van der Waals surface area contributed by atoms with E-state index in [1.54, 1.807) is 7.05 Å². The van der Waals surface area contributed by atoms with Gasteiger partial charge in [0.15, 0.2) is 5.82 Å². The van der Waals surface area contributed by atoms with Crippen molar-refractivity contribution in [1.82, 2.24) is 25.5 Å². The molecule has 0 bridgehead atoms. The number of rotatable bonds is 3. The highest BCUT2D eigenvalue weighted by molar-refractivity contribution is 5.76. The molecule has 0 radical (unpaired) electrons. The highest BCUT2D eigenvalue weighted by atomic mass is 16.1. The van der Waals surface area contributed by atoms with Gasteiger partial charge < -0.3 is 5.32 Å². The van der Waals surface area contributed by atoms with E-state index in [0.29, 0.717) is 18.8 Å². The summed E-state index contributed by atoms with van der Waals surface area (Å²) in [7, 11) is 1.74. The number of hydrogen-bond acceptors (Lipinski definition) is 4. The molecule has 0 saturated carbocycles. The number of nitrogens with one attached hydrogen (secondary N) is 1. The molecule has 0 aliphatic rings. The first-order valence-electron chi connectivity index (χ1n) is 4.86. The van der Waals surface area contributed by atoms with Crippen molar-refractivity contribution in [2.75, 3.05) is 0 Å². The summed E-state index contributed by atoms with van der Waals surface area (Å²) in [6.07, 6.45) is 0.498. The minimum atomic E-state index is 0.00220. The standard InChI is InChI=1S/C9H17N5O/c1-9(2,3)5-8(15)10-6-7-11-12-13-14(7)4/h5-6H2,1-4H3,(H,10,15). The lowest BCUT2D eigenvalue weighted by Crippen LogP contribution is -2.28. The Morgan fingerprint density at radius 3 is 2.60 bits per heavy atom. The van der Waals surface area contributed by atoms with Crippen LogP contribution in [-0.4, -0.2) is 26.1 Å². The summed E-state index contributed by atoms with van der Waals surface area (Å²) >= 11 is 0. The molecule has 0 atom stereocenters. The molecule has 1 rings (SSSR count). The summed E-state index contributed by atoms with van der Waals surface area (Å²) in [6, 6.07) is 0. The zero-order valence-electron chi connectivity index (χ0n) is 9.61. The number of aromatic nitrogens is 4. The monoisotopic (exact) mass is 211 g/mol. The van der Waals surface area contributed by atoms with Crippen molar-refractivity contribution in [1.29, 1.82) is 0 Å². The zero-order valence-corrected chi connectivity index (χ0v) is 9.61. The number of amides is 1. The van der Waals surface area contributed by atoms with Gasteiger partial charge >= 0.3 is 0 Å². The molecule has 0 aromatic carbocycles. The smallest absolute Gasteiger partial charge is 0.220 e. The molecule has 0 saturated heterocycles. The Kier molecular flexibility index (Phi) is 3.39. The maximum absolute atomic E-state index is 11.5. The molecule has 84 valence electrons. The van der Waals surface area contributed by atoms with Crippen molar-refractivity contribution in [3.05, 3.63) is 5.82 Å². The topological polar surface area (TPSA) is 72.7 Å². The lowest BCUT2D eigenvalue weighted by atomic mass is 9.92. The van der Waals surface area contributed by atoms with Crippen LogP contribution < -0.4 is 5.32 Å². The largest absolute Gasteiger partial charge is 0.349 e. The Morgan fingerprint density at radius 1 is 1.47 bits per heavy atom. The Morgan fingerprint density at radius 2 is 2.13 bits per heavy atom. The van der Waals surface area contributed by atoms with Gasteiger partial charge in [-0.15, -0.1) is 5.10 Å². The summed E-state index contributed by atoms with van der Waals surface area (Å²) in [4.78, 5) is 11.5. The van der Waals surface area contributed by atoms with E-state index in [1.165, 1.54) is 4.68 Å². The molecular weight excluding hydrogens is 194 g/mol. The first-order chi connectivity index (χ1) is 6.88. The predicted molar refractivity (Wildman–Crippen MR) is 54.7 cm³/mol. The number of carbonyl (C=O) groups is 1. The second-order valence-corrected chi connectivity index (χ2v) is 4.73. The van der Waals surface area contributed by atoms with Crippen molar-refractivity contribution in [3.63, 3.8) is 0 Å². The van der Waals surface area contributed by atoms with Gasteiger partial charge in [-0.3, -0.25) is 4.79 Å². The Labute approximate surface area is 89.0 Å². The number of tetrazole rings is 1. The van der Waals surface area contributed by atoms with Gasteiger partial charge in [0.1, 0.15) is 0 Å². The van der Waals surface area contributed by atoms with E-state index in [2.05, 4.69) is 20.8 Å². The molecule has 0 aliphatic carbocycles. The fraction of sp³-hybridized carbons (Fsp3) is 0.778. The highest BCUT2D eigenvalue weighted by Gasteiger charge is 2.16. The van der Waals surface area contributed by atoms with E-state index < -0.39 is 0 Å². The molecule has 1 N–H and O–H groups in total. The van der Waals surface area contributed by atoms with Gasteiger partial charge in [-0.1, -0.05) is 20.8 Å². The minimum absolute atomic E-state index is 0.00220. The molecule has 0 spiro atoms. The third kappa shape index (κ3) is 4.05. The molecule has 0 fully saturated rings. The van der Waals surface area contributed by atoms with E-state index in [0.717, 1.165) is 0 Å². The molecule has 0 unspecified atom stereocenters. The summed E-state index contributed by atoms with van der Waals surface area (Å²) < 4.78 is 1.54. The van der Waals surface area contributed by atoms with E-state index in [1.807, 2.05) is 20.8 Å². The van der Waals surface area contributed by atoms with Gasteiger partial charge in [0.05, 0.1) is 6.54 Å². The van der Waals surface area contributed by atoms with Crippen LogP contribution in [0.15, 0.2) is 0 Å². The maximum atomic E-state index is 11.5. The van der Waals surface area contributed by atoms with Crippen molar-refractivity contribution in [2.45, 2.75) is 33.7 Å². The Hall–Kier alpha value is -1.46. The second-order valence-electron chi connectivity index (χ2n) is 4.73. The van der Waals surface area contributed by atoms with Crippen molar-refractivity contribution < 1.29 is 4.79 Å². The van der Waals surface area contributed by atoms with Crippen LogP contribution in [0.2, 0.25) is 0 Å². The second kappa shape index (κ2) is 4.37. The average molecular weight is 211 g/mol. The predicted octanol–water partition coefficient (Wildman–Crippen LogP) is 0.262. The average Bonchev–Trinajstić information content (AvgIpc) is 2.44. The Bertz CT molecular complexity index is 339. The number of aryl methyl sites for hydroxylation is 1. The summed E-state index contributed by atoms with van der Waals surface area (Å²) in [5, 5.41) is 13.7. The van der Waals surface area contributed by atoms with E-state index >= 15 is 0 Å². The number of carbonyl (C=O) groups excluding carboxylic acids is 1. The lowest BCUT2D eigenvalue weighted by Gasteiger charge is -2.16. The van der Waals surface area contributed by atoms with Gasteiger partial charge in [0, 0.05) is 13.5 Å². The van der Waals surface area contributed by atoms with Gasteiger partial charge in [0.25, 0.3) is 0 Å². The van der Waals surface area contributed by atoms with Gasteiger partial charge in [-0.25, -0.2) is 4.68 Å². The van der Waals surface area contributed by atoms with Crippen molar-refractivity contribution in [3.8, 4) is 0 Å². The van der Waals surface area contributed by atoms with Crippen LogP contribution in [0.5, 0.6) is 0 Å². The van der Waals surface area contributed by atoms with Crippen LogP contribution in [0.3, 0.4) is 0 Å². The van der Waals surface area contributed by atoms with Gasteiger partial charge in [-0.2, -0.15) is 0 Å².